The summed E-state index contributed by atoms with van der Waals surface area (Å²) in [7, 11) is 0. The van der Waals surface area contributed by atoms with Gasteiger partial charge >= 0.3 is 11.8 Å². The van der Waals surface area contributed by atoms with E-state index < -0.39 is 11.8 Å². The van der Waals surface area contributed by atoms with E-state index in [1.807, 2.05) is 69.3 Å². The molecule has 4 heteroatoms. The Morgan fingerprint density at radius 3 is 2.39 bits per heavy atom. The number of anilines is 1. The first kappa shape index (κ1) is 16.7. The van der Waals surface area contributed by atoms with E-state index in [2.05, 4.69) is 5.32 Å². The molecule has 0 fully saturated rings. The highest BCUT2D eigenvalue weighted by atomic mass is 16.2. The number of rotatable bonds is 4. The number of aryl methyl sites for hydroxylation is 2. The first-order valence-corrected chi connectivity index (χ1v) is 7.72. The van der Waals surface area contributed by atoms with Crippen molar-refractivity contribution in [2.75, 3.05) is 11.9 Å². The van der Waals surface area contributed by atoms with Gasteiger partial charge in [-0.05, 0) is 43.5 Å². The van der Waals surface area contributed by atoms with Gasteiger partial charge in [0.25, 0.3) is 0 Å². The molecule has 4 nitrogen and oxygen atoms in total. The van der Waals surface area contributed by atoms with E-state index in [-0.39, 0.29) is 0 Å². The van der Waals surface area contributed by atoms with Crippen molar-refractivity contribution in [3.63, 3.8) is 0 Å². The molecule has 23 heavy (non-hydrogen) atoms. The molecule has 0 saturated carbocycles. The SMILES string of the molecule is CCN(Cc1ccccc1)C(=O)C(=O)Nc1cc(C)ccc1C. The van der Waals surface area contributed by atoms with E-state index >= 15 is 0 Å². The molecule has 0 aromatic heterocycles. The minimum Gasteiger partial charge on any atom is -0.330 e. The molecule has 0 saturated heterocycles. The van der Waals surface area contributed by atoms with Gasteiger partial charge in [-0.15, -0.1) is 0 Å². The van der Waals surface area contributed by atoms with Crippen molar-refractivity contribution in [1.29, 1.82) is 0 Å². The summed E-state index contributed by atoms with van der Waals surface area (Å²) in [5, 5.41) is 2.72. The smallest absolute Gasteiger partial charge is 0.313 e. The quantitative estimate of drug-likeness (QED) is 0.881. The lowest BCUT2D eigenvalue weighted by Crippen LogP contribution is -2.39. The van der Waals surface area contributed by atoms with Crippen LogP contribution in [0.25, 0.3) is 0 Å². The number of carbonyl (C=O) groups is 2. The van der Waals surface area contributed by atoms with Crippen LogP contribution in [0.5, 0.6) is 0 Å². The van der Waals surface area contributed by atoms with Gasteiger partial charge in [-0.25, -0.2) is 0 Å². The molecule has 2 aromatic carbocycles. The lowest BCUT2D eigenvalue weighted by atomic mass is 10.1. The van der Waals surface area contributed by atoms with E-state index in [0.717, 1.165) is 16.7 Å². The predicted octanol–water partition coefficient (Wildman–Crippen LogP) is 3.29. The standard InChI is InChI=1S/C19H22N2O2/c1-4-21(13-16-8-6-5-7-9-16)19(23)18(22)20-17-12-14(2)10-11-15(17)3/h5-12H,4,13H2,1-3H3,(H,20,22). The summed E-state index contributed by atoms with van der Waals surface area (Å²) in [4.78, 5) is 26.2. The van der Waals surface area contributed by atoms with Crippen LogP contribution in [0.1, 0.15) is 23.6 Å². The fraction of sp³-hybridized carbons (Fsp3) is 0.263. The average Bonchev–Trinajstić information content (AvgIpc) is 2.56. The Hall–Kier alpha value is -2.62. The summed E-state index contributed by atoms with van der Waals surface area (Å²) in [5.41, 5.74) is 3.65. The maximum Gasteiger partial charge on any atom is 0.313 e. The highest BCUT2D eigenvalue weighted by molar-refractivity contribution is 6.39. The van der Waals surface area contributed by atoms with Crippen LogP contribution >= 0.6 is 0 Å². The van der Waals surface area contributed by atoms with Crippen molar-refractivity contribution in [1.82, 2.24) is 4.90 Å². The molecular formula is C19H22N2O2. The molecule has 0 unspecified atom stereocenters. The summed E-state index contributed by atoms with van der Waals surface area (Å²) >= 11 is 0. The Labute approximate surface area is 137 Å². The second-order valence-corrected chi connectivity index (χ2v) is 5.58. The van der Waals surface area contributed by atoms with Crippen LogP contribution in [0.15, 0.2) is 48.5 Å². The Bertz CT molecular complexity index is 696. The topological polar surface area (TPSA) is 49.4 Å². The van der Waals surface area contributed by atoms with Gasteiger partial charge in [0.15, 0.2) is 0 Å². The molecule has 120 valence electrons. The van der Waals surface area contributed by atoms with Gasteiger partial charge < -0.3 is 10.2 Å². The van der Waals surface area contributed by atoms with Crippen LogP contribution in [-0.2, 0) is 16.1 Å². The first-order chi connectivity index (χ1) is 11.0. The van der Waals surface area contributed by atoms with E-state index in [1.165, 1.54) is 4.90 Å². The number of benzene rings is 2. The molecule has 1 N–H and O–H groups in total. The summed E-state index contributed by atoms with van der Waals surface area (Å²) < 4.78 is 0. The number of hydrogen-bond acceptors (Lipinski definition) is 2. The van der Waals surface area contributed by atoms with Crippen molar-refractivity contribution >= 4 is 17.5 Å². The summed E-state index contributed by atoms with van der Waals surface area (Å²) in [6, 6.07) is 15.4. The number of hydrogen-bond donors (Lipinski definition) is 1. The van der Waals surface area contributed by atoms with Gasteiger partial charge in [-0.1, -0.05) is 42.5 Å². The molecule has 0 heterocycles. The minimum atomic E-state index is -0.600. The van der Waals surface area contributed by atoms with Gasteiger partial charge in [0.1, 0.15) is 0 Å². The molecule has 0 bridgehead atoms. The van der Waals surface area contributed by atoms with Crippen molar-refractivity contribution in [2.24, 2.45) is 0 Å². The fourth-order valence-electron chi connectivity index (χ4n) is 2.32. The van der Waals surface area contributed by atoms with Gasteiger partial charge in [-0.2, -0.15) is 0 Å². The zero-order valence-electron chi connectivity index (χ0n) is 13.8. The van der Waals surface area contributed by atoms with Crippen LogP contribution in [0.2, 0.25) is 0 Å². The second-order valence-electron chi connectivity index (χ2n) is 5.58. The van der Waals surface area contributed by atoms with Crippen molar-refractivity contribution in [3.8, 4) is 0 Å². The molecule has 0 aliphatic rings. The predicted molar refractivity (Wildman–Crippen MR) is 92.1 cm³/mol. The van der Waals surface area contributed by atoms with Crippen LogP contribution < -0.4 is 5.32 Å². The van der Waals surface area contributed by atoms with E-state index in [1.54, 1.807) is 0 Å². The number of likely N-dealkylation sites (N-methyl/N-ethyl adjacent to an activating group) is 1. The zero-order chi connectivity index (χ0) is 16.8. The third-order valence-corrected chi connectivity index (χ3v) is 3.72. The highest BCUT2D eigenvalue weighted by Crippen LogP contribution is 2.16. The molecule has 2 aromatic rings. The number of carbonyl (C=O) groups excluding carboxylic acids is 2. The van der Waals surface area contributed by atoms with Gasteiger partial charge in [-0.3, -0.25) is 9.59 Å². The summed E-state index contributed by atoms with van der Waals surface area (Å²) in [5.74, 6) is -1.12. The van der Waals surface area contributed by atoms with Crippen LogP contribution in [0.3, 0.4) is 0 Å². The Morgan fingerprint density at radius 1 is 1.04 bits per heavy atom. The number of amides is 2. The largest absolute Gasteiger partial charge is 0.330 e. The van der Waals surface area contributed by atoms with E-state index in [9.17, 15) is 9.59 Å². The van der Waals surface area contributed by atoms with Crippen molar-refractivity contribution in [2.45, 2.75) is 27.3 Å². The molecular weight excluding hydrogens is 288 g/mol. The van der Waals surface area contributed by atoms with Crippen LogP contribution in [0.4, 0.5) is 5.69 Å². The molecule has 0 atom stereocenters. The lowest BCUT2D eigenvalue weighted by Gasteiger charge is -2.20. The van der Waals surface area contributed by atoms with Crippen LogP contribution in [0, 0.1) is 13.8 Å². The number of nitrogens with one attached hydrogen (secondary N) is 1. The second kappa shape index (κ2) is 7.58. The molecule has 0 aliphatic heterocycles. The third kappa shape index (κ3) is 4.42. The monoisotopic (exact) mass is 310 g/mol. The van der Waals surface area contributed by atoms with E-state index in [4.69, 9.17) is 0 Å². The number of nitrogens with zero attached hydrogens (tertiary/aromatic N) is 1. The molecule has 2 amide bonds. The maximum absolute atomic E-state index is 12.4. The van der Waals surface area contributed by atoms with Crippen molar-refractivity contribution in [3.05, 3.63) is 65.2 Å². The maximum atomic E-state index is 12.4. The molecule has 0 spiro atoms. The third-order valence-electron chi connectivity index (χ3n) is 3.72. The van der Waals surface area contributed by atoms with E-state index in [0.29, 0.717) is 18.8 Å². The van der Waals surface area contributed by atoms with Gasteiger partial charge in [0, 0.05) is 18.8 Å². The molecule has 0 radical (unpaired) electrons. The minimum absolute atomic E-state index is 0.427. The molecule has 2 rings (SSSR count). The zero-order valence-corrected chi connectivity index (χ0v) is 13.8. The van der Waals surface area contributed by atoms with Crippen LogP contribution in [-0.4, -0.2) is 23.3 Å². The van der Waals surface area contributed by atoms with Crippen molar-refractivity contribution < 1.29 is 9.59 Å². The highest BCUT2D eigenvalue weighted by Gasteiger charge is 2.21. The fourth-order valence-corrected chi connectivity index (χ4v) is 2.32. The Balaban J connectivity index is 2.08. The normalized spacial score (nSPS) is 10.2. The Kier molecular flexibility index (Phi) is 5.52. The summed E-state index contributed by atoms with van der Waals surface area (Å²) in [6.07, 6.45) is 0. The molecule has 0 aliphatic carbocycles. The summed E-state index contributed by atoms with van der Waals surface area (Å²) in [6.45, 7) is 6.63. The van der Waals surface area contributed by atoms with Gasteiger partial charge in [0.05, 0.1) is 0 Å². The lowest BCUT2D eigenvalue weighted by molar-refractivity contribution is -0.143. The van der Waals surface area contributed by atoms with Gasteiger partial charge in [0.2, 0.25) is 0 Å². The average molecular weight is 310 g/mol. The first-order valence-electron chi connectivity index (χ1n) is 7.72. The Morgan fingerprint density at radius 2 is 1.74 bits per heavy atom.